The Labute approximate surface area is 115 Å². The Morgan fingerprint density at radius 1 is 1.16 bits per heavy atom. The fourth-order valence-electron chi connectivity index (χ4n) is 2.14. The highest BCUT2D eigenvalue weighted by molar-refractivity contribution is 5.46. The highest BCUT2D eigenvalue weighted by Crippen LogP contribution is 2.23. The Morgan fingerprint density at radius 2 is 1.84 bits per heavy atom. The van der Waals surface area contributed by atoms with Crippen LogP contribution in [0.1, 0.15) is 50.3 Å². The fourth-order valence-corrected chi connectivity index (χ4v) is 2.14. The van der Waals surface area contributed by atoms with Crippen LogP contribution >= 0.6 is 0 Å². The third-order valence-electron chi connectivity index (χ3n) is 3.70. The quantitative estimate of drug-likeness (QED) is 0.873. The largest absolute Gasteiger partial charge is 0.378 e. The van der Waals surface area contributed by atoms with Crippen LogP contribution in [0.25, 0.3) is 0 Å². The van der Waals surface area contributed by atoms with Crippen LogP contribution in [0.5, 0.6) is 0 Å². The summed E-state index contributed by atoms with van der Waals surface area (Å²) in [7, 11) is 1.94. The standard InChI is InChI=1S/C16H23N3/c1-5-12(2)14-6-8-16(9-7-14)18-13(3)15-10-17-19(4)11-15/h6-13,18H,5H2,1-4H3. The summed E-state index contributed by atoms with van der Waals surface area (Å²) in [6.07, 6.45) is 5.13. The lowest BCUT2D eigenvalue weighted by atomic mass is 9.98. The molecule has 0 bridgehead atoms. The Morgan fingerprint density at radius 3 is 2.37 bits per heavy atom. The molecular formula is C16H23N3. The zero-order valence-electron chi connectivity index (χ0n) is 12.2. The minimum atomic E-state index is 0.267. The highest BCUT2D eigenvalue weighted by atomic mass is 15.2. The molecule has 0 aliphatic rings. The van der Waals surface area contributed by atoms with Gasteiger partial charge < -0.3 is 5.32 Å². The van der Waals surface area contributed by atoms with Crippen molar-refractivity contribution in [2.45, 2.75) is 39.2 Å². The van der Waals surface area contributed by atoms with Gasteiger partial charge in [0, 0.05) is 24.5 Å². The van der Waals surface area contributed by atoms with Crippen LogP contribution in [0.2, 0.25) is 0 Å². The average Bonchev–Trinajstić information content (AvgIpc) is 2.85. The average molecular weight is 257 g/mol. The SMILES string of the molecule is CCC(C)c1ccc(NC(C)c2cnn(C)c2)cc1. The lowest BCUT2D eigenvalue weighted by Crippen LogP contribution is -2.05. The summed E-state index contributed by atoms with van der Waals surface area (Å²) in [6, 6.07) is 9.02. The first-order chi connectivity index (χ1) is 9.10. The maximum absolute atomic E-state index is 4.20. The molecule has 0 aliphatic heterocycles. The van der Waals surface area contributed by atoms with Gasteiger partial charge in [0.15, 0.2) is 0 Å². The van der Waals surface area contributed by atoms with Crippen molar-refractivity contribution in [2.24, 2.45) is 7.05 Å². The van der Waals surface area contributed by atoms with Gasteiger partial charge in [0.2, 0.25) is 0 Å². The number of nitrogens with one attached hydrogen (secondary N) is 1. The third kappa shape index (κ3) is 3.37. The van der Waals surface area contributed by atoms with Crippen LogP contribution in [0, 0.1) is 0 Å². The van der Waals surface area contributed by atoms with Crippen LogP contribution in [0.3, 0.4) is 0 Å². The molecule has 0 spiro atoms. The van der Waals surface area contributed by atoms with E-state index in [0.29, 0.717) is 5.92 Å². The molecule has 2 aromatic rings. The zero-order valence-corrected chi connectivity index (χ0v) is 12.2. The molecule has 1 N–H and O–H groups in total. The summed E-state index contributed by atoms with van der Waals surface area (Å²) in [6.45, 7) is 6.64. The minimum Gasteiger partial charge on any atom is -0.378 e. The zero-order chi connectivity index (χ0) is 13.8. The van der Waals surface area contributed by atoms with E-state index in [-0.39, 0.29) is 6.04 Å². The number of rotatable bonds is 5. The second-order valence-corrected chi connectivity index (χ2v) is 5.24. The van der Waals surface area contributed by atoms with Gasteiger partial charge in [-0.3, -0.25) is 4.68 Å². The third-order valence-corrected chi connectivity index (χ3v) is 3.70. The van der Waals surface area contributed by atoms with E-state index in [0.717, 1.165) is 5.69 Å². The molecule has 1 aromatic heterocycles. The smallest absolute Gasteiger partial charge is 0.0542 e. The van der Waals surface area contributed by atoms with E-state index in [1.54, 1.807) is 0 Å². The monoisotopic (exact) mass is 257 g/mol. The Hall–Kier alpha value is -1.77. The molecule has 19 heavy (non-hydrogen) atoms. The maximum Gasteiger partial charge on any atom is 0.0542 e. The molecule has 0 saturated heterocycles. The Balaban J connectivity index is 2.03. The molecule has 2 atom stereocenters. The van der Waals surface area contributed by atoms with Gasteiger partial charge in [-0.15, -0.1) is 0 Å². The summed E-state index contributed by atoms with van der Waals surface area (Å²) < 4.78 is 1.83. The normalized spacial score (nSPS) is 14.1. The van der Waals surface area contributed by atoms with Gasteiger partial charge in [-0.2, -0.15) is 5.10 Å². The maximum atomic E-state index is 4.20. The van der Waals surface area contributed by atoms with Gasteiger partial charge in [-0.25, -0.2) is 0 Å². The van der Waals surface area contributed by atoms with E-state index >= 15 is 0 Å². The van der Waals surface area contributed by atoms with Crippen molar-refractivity contribution < 1.29 is 0 Å². The summed E-state index contributed by atoms with van der Waals surface area (Å²) >= 11 is 0. The van der Waals surface area contributed by atoms with E-state index in [9.17, 15) is 0 Å². The Bertz CT molecular complexity index is 513. The second kappa shape index (κ2) is 5.91. The first kappa shape index (κ1) is 13.7. The van der Waals surface area contributed by atoms with Crippen LogP contribution in [-0.4, -0.2) is 9.78 Å². The summed E-state index contributed by atoms with van der Waals surface area (Å²) in [5, 5.41) is 7.71. The molecule has 3 heteroatoms. The van der Waals surface area contributed by atoms with Gasteiger partial charge in [0.1, 0.15) is 0 Å². The van der Waals surface area contributed by atoms with E-state index in [2.05, 4.69) is 55.5 Å². The van der Waals surface area contributed by atoms with Crippen LogP contribution in [-0.2, 0) is 7.05 Å². The van der Waals surface area contributed by atoms with Crippen molar-refractivity contribution in [1.29, 1.82) is 0 Å². The van der Waals surface area contributed by atoms with E-state index in [1.165, 1.54) is 17.5 Å². The van der Waals surface area contributed by atoms with E-state index in [4.69, 9.17) is 0 Å². The lowest BCUT2D eigenvalue weighted by Gasteiger charge is -2.15. The predicted molar refractivity (Wildman–Crippen MR) is 80.4 cm³/mol. The molecule has 2 unspecified atom stereocenters. The molecular weight excluding hydrogens is 234 g/mol. The van der Waals surface area contributed by atoms with Crippen molar-refractivity contribution in [3.63, 3.8) is 0 Å². The van der Waals surface area contributed by atoms with Crippen LogP contribution < -0.4 is 5.32 Å². The molecule has 0 amide bonds. The van der Waals surface area contributed by atoms with E-state index < -0.39 is 0 Å². The molecule has 0 fully saturated rings. The van der Waals surface area contributed by atoms with Crippen molar-refractivity contribution in [2.75, 3.05) is 5.32 Å². The van der Waals surface area contributed by atoms with Crippen molar-refractivity contribution >= 4 is 5.69 Å². The van der Waals surface area contributed by atoms with Gasteiger partial charge in [0.05, 0.1) is 12.2 Å². The number of hydrogen-bond donors (Lipinski definition) is 1. The number of nitrogens with zero attached hydrogens (tertiary/aromatic N) is 2. The first-order valence-corrected chi connectivity index (χ1v) is 6.95. The van der Waals surface area contributed by atoms with Gasteiger partial charge in [-0.05, 0) is 37.0 Å². The molecule has 0 saturated carbocycles. The number of hydrogen-bond acceptors (Lipinski definition) is 2. The van der Waals surface area contributed by atoms with Crippen LogP contribution in [0.4, 0.5) is 5.69 Å². The van der Waals surface area contributed by atoms with Crippen molar-refractivity contribution in [3.8, 4) is 0 Å². The topological polar surface area (TPSA) is 29.9 Å². The predicted octanol–water partition coefficient (Wildman–Crippen LogP) is 4.11. The molecule has 0 aliphatic carbocycles. The Kier molecular flexibility index (Phi) is 4.25. The second-order valence-electron chi connectivity index (χ2n) is 5.24. The first-order valence-electron chi connectivity index (χ1n) is 6.95. The molecule has 0 radical (unpaired) electrons. The van der Waals surface area contributed by atoms with Crippen LogP contribution in [0.15, 0.2) is 36.7 Å². The van der Waals surface area contributed by atoms with E-state index in [1.807, 2.05) is 24.1 Å². The van der Waals surface area contributed by atoms with Gasteiger partial charge in [-0.1, -0.05) is 26.0 Å². The number of anilines is 1. The molecule has 1 aromatic carbocycles. The molecule has 1 heterocycles. The number of aryl methyl sites for hydroxylation is 1. The molecule has 2 rings (SSSR count). The summed E-state index contributed by atoms with van der Waals surface area (Å²) in [5.41, 5.74) is 3.76. The molecule has 102 valence electrons. The lowest BCUT2D eigenvalue weighted by molar-refractivity contribution is 0.733. The number of aromatic nitrogens is 2. The van der Waals surface area contributed by atoms with Crippen molar-refractivity contribution in [3.05, 3.63) is 47.8 Å². The number of benzene rings is 1. The minimum absolute atomic E-state index is 0.267. The van der Waals surface area contributed by atoms with Gasteiger partial charge in [0.25, 0.3) is 0 Å². The molecule has 3 nitrogen and oxygen atoms in total. The fraction of sp³-hybridized carbons (Fsp3) is 0.438. The summed E-state index contributed by atoms with van der Waals surface area (Å²) in [5.74, 6) is 0.629. The highest BCUT2D eigenvalue weighted by Gasteiger charge is 2.08. The van der Waals surface area contributed by atoms with Gasteiger partial charge >= 0.3 is 0 Å². The van der Waals surface area contributed by atoms with Crippen molar-refractivity contribution in [1.82, 2.24) is 9.78 Å². The summed E-state index contributed by atoms with van der Waals surface area (Å²) in [4.78, 5) is 0.